The Labute approximate surface area is 180 Å². The number of anilines is 1. The Morgan fingerprint density at radius 1 is 1.14 bits per heavy atom. The summed E-state index contributed by atoms with van der Waals surface area (Å²) in [7, 11) is 0. The van der Waals surface area contributed by atoms with Crippen LogP contribution in [0.3, 0.4) is 0 Å². The first kappa shape index (κ1) is 21.5. The van der Waals surface area contributed by atoms with Gasteiger partial charge < -0.3 is 4.90 Å². The van der Waals surface area contributed by atoms with Gasteiger partial charge in [0.15, 0.2) is 0 Å². The van der Waals surface area contributed by atoms with Crippen LogP contribution >= 0.6 is 24.0 Å². The van der Waals surface area contributed by atoms with Crippen LogP contribution in [0.15, 0.2) is 34.1 Å². The van der Waals surface area contributed by atoms with Crippen molar-refractivity contribution in [2.45, 2.75) is 40.0 Å². The molecular weight excluding hydrogens is 404 g/mol. The van der Waals surface area contributed by atoms with Crippen LogP contribution in [0, 0.1) is 0 Å². The van der Waals surface area contributed by atoms with Crippen molar-refractivity contribution in [3.8, 4) is 0 Å². The Balaban J connectivity index is 2.18. The molecule has 8 heteroatoms. The average Bonchev–Trinajstić information content (AvgIpc) is 2.97. The summed E-state index contributed by atoms with van der Waals surface area (Å²) in [6.45, 7) is 8.38. The van der Waals surface area contributed by atoms with Gasteiger partial charge in [0.1, 0.15) is 15.8 Å². The van der Waals surface area contributed by atoms with E-state index >= 15 is 0 Å². The lowest BCUT2D eigenvalue weighted by Crippen LogP contribution is -2.31. The molecule has 3 rings (SSSR count). The first-order valence-electron chi connectivity index (χ1n) is 10.0. The number of nitrogens with zero attached hydrogens (tertiary/aromatic N) is 4. The lowest BCUT2D eigenvalue weighted by atomic mass is 10.2. The molecular formula is C21H26N4O2S2. The van der Waals surface area contributed by atoms with E-state index in [0.29, 0.717) is 32.8 Å². The number of pyridine rings is 1. The van der Waals surface area contributed by atoms with E-state index in [2.05, 4.69) is 18.7 Å². The third-order valence-corrected chi connectivity index (χ3v) is 6.01. The number of carbonyl (C=O) groups excluding carboxylic acids is 1. The summed E-state index contributed by atoms with van der Waals surface area (Å²) in [5.74, 6) is 0.494. The zero-order chi connectivity index (χ0) is 21.0. The molecule has 29 heavy (non-hydrogen) atoms. The van der Waals surface area contributed by atoms with Gasteiger partial charge in [0.05, 0.1) is 10.5 Å². The van der Waals surface area contributed by atoms with Crippen molar-refractivity contribution in [3.63, 3.8) is 0 Å². The Morgan fingerprint density at radius 2 is 1.86 bits per heavy atom. The molecule has 1 fully saturated rings. The van der Waals surface area contributed by atoms with Gasteiger partial charge in [0.2, 0.25) is 0 Å². The molecule has 0 N–H and O–H groups in total. The fourth-order valence-corrected chi connectivity index (χ4v) is 4.66. The molecule has 0 atom stereocenters. The third kappa shape index (κ3) is 4.38. The van der Waals surface area contributed by atoms with Gasteiger partial charge in [-0.25, -0.2) is 4.98 Å². The number of thioether (sulfide) groups is 1. The highest BCUT2D eigenvalue weighted by molar-refractivity contribution is 8.26. The van der Waals surface area contributed by atoms with Crippen LogP contribution in [-0.4, -0.2) is 44.1 Å². The summed E-state index contributed by atoms with van der Waals surface area (Å²) in [6, 6.07) is 5.49. The van der Waals surface area contributed by atoms with Crippen LogP contribution in [0.5, 0.6) is 0 Å². The number of aromatic nitrogens is 2. The minimum atomic E-state index is -0.177. The first-order valence-corrected chi connectivity index (χ1v) is 11.3. The zero-order valence-electron chi connectivity index (χ0n) is 17.1. The van der Waals surface area contributed by atoms with Gasteiger partial charge in [0.25, 0.3) is 11.5 Å². The molecule has 0 saturated carbocycles. The largest absolute Gasteiger partial charge is 0.356 e. The number of thiocarbonyl (C=S) groups is 1. The van der Waals surface area contributed by atoms with Crippen LogP contribution in [0.25, 0.3) is 11.7 Å². The topological polar surface area (TPSA) is 57.9 Å². The Hall–Kier alpha value is -2.19. The third-order valence-electron chi connectivity index (χ3n) is 4.63. The molecule has 1 amide bonds. The Bertz CT molecular complexity index is 1010. The molecule has 1 saturated heterocycles. The second-order valence-corrected chi connectivity index (χ2v) is 8.58. The van der Waals surface area contributed by atoms with Crippen molar-refractivity contribution in [1.82, 2.24) is 14.3 Å². The summed E-state index contributed by atoms with van der Waals surface area (Å²) < 4.78 is 2.07. The van der Waals surface area contributed by atoms with Crippen molar-refractivity contribution >= 4 is 51.7 Å². The fourth-order valence-electron chi connectivity index (χ4n) is 3.37. The summed E-state index contributed by atoms with van der Waals surface area (Å²) in [5, 5.41) is 0. The van der Waals surface area contributed by atoms with Gasteiger partial charge in [-0.15, -0.1) is 0 Å². The predicted molar refractivity (Wildman–Crippen MR) is 124 cm³/mol. The zero-order valence-corrected chi connectivity index (χ0v) is 18.7. The van der Waals surface area contributed by atoms with E-state index in [0.717, 1.165) is 32.4 Å². The van der Waals surface area contributed by atoms with E-state index < -0.39 is 0 Å². The Morgan fingerprint density at radius 3 is 2.52 bits per heavy atom. The maximum absolute atomic E-state index is 13.3. The summed E-state index contributed by atoms with van der Waals surface area (Å²) in [4.78, 5) is 35.2. The minimum Gasteiger partial charge on any atom is -0.356 e. The monoisotopic (exact) mass is 430 g/mol. The molecule has 154 valence electrons. The van der Waals surface area contributed by atoms with Crippen LogP contribution in [-0.2, 0) is 4.79 Å². The van der Waals surface area contributed by atoms with Crippen molar-refractivity contribution in [2.75, 3.05) is 24.5 Å². The lowest BCUT2D eigenvalue weighted by molar-refractivity contribution is -0.122. The van der Waals surface area contributed by atoms with E-state index in [1.165, 1.54) is 16.2 Å². The molecule has 6 nitrogen and oxygen atoms in total. The van der Waals surface area contributed by atoms with Gasteiger partial charge in [-0.3, -0.25) is 18.9 Å². The van der Waals surface area contributed by atoms with E-state index in [1.54, 1.807) is 23.2 Å². The normalized spacial score (nSPS) is 15.7. The molecule has 2 aromatic heterocycles. The highest BCUT2D eigenvalue weighted by atomic mass is 32.2. The average molecular weight is 431 g/mol. The van der Waals surface area contributed by atoms with E-state index in [4.69, 9.17) is 17.2 Å². The standard InChI is InChI=1S/C21H26N4O2S2/c1-4-10-23(11-5-2)18-15(19(26)24-13-8-7-9-17(24)22-18)14-16-20(27)25(12-6-3)21(28)29-16/h7-9,13-14H,4-6,10-12H2,1-3H3. The fraction of sp³-hybridized carbons (Fsp3) is 0.429. The van der Waals surface area contributed by atoms with Gasteiger partial charge in [-0.1, -0.05) is 50.8 Å². The van der Waals surface area contributed by atoms with Gasteiger partial charge in [-0.2, -0.15) is 0 Å². The molecule has 0 unspecified atom stereocenters. The molecule has 0 bridgehead atoms. The Kier molecular flexibility index (Phi) is 7.08. The summed E-state index contributed by atoms with van der Waals surface area (Å²) in [5.41, 5.74) is 0.858. The van der Waals surface area contributed by atoms with E-state index in [-0.39, 0.29) is 11.5 Å². The summed E-state index contributed by atoms with van der Waals surface area (Å²) >= 11 is 6.62. The van der Waals surface area contributed by atoms with Crippen molar-refractivity contribution in [3.05, 3.63) is 45.2 Å². The molecule has 1 aliphatic rings. The van der Waals surface area contributed by atoms with Crippen LogP contribution in [0.1, 0.15) is 45.6 Å². The molecule has 0 spiro atoms. The van der Waals surface area contributed by atoms with Gasteiger partial charge in [0, 0.05) is 25.8 Å². The van der Waals surface area contributed by atoms with Crippen molar-refractivity contribution in [1.29, 1.82) is 0 Å². The number of rotatable bonds is 8. The highest BCUT2D eigenvalue weighted by Gasteiger charge is 2.32. The number of carbonyl (C=O) groups is 1. The second kappa shape index (κ2) is 9.54. The van der Waals surface area contributed by atoms with E-state index in [1.807, 2.05) is 19.1 Å². The van der Waals surface area contributed by atoms with Crippen molar-refractivity contribution < 1.29 is 4.79 Å². The molecule has 0 aliphatic carbocycles. The lowest BCUT2D eigenvalue weighted by Gasteiger charge is -2.24. The van der Waals surface area contributed by atoms with Crippen LogP contribution < -0.4 is 10.5 Å². The maximum Gasteiger partial charge on any atom is 0.267 e. The molecule has 2 aromatic rings. The smallest absolute Gasteiger partial charge is 0.267 e. The molecule has 0 radical (unpaired) electrons. The van der Waals surface area contributed by atoms with Gasteiger partial charge in [-0.05, 0) is 37.5 Å². The number of hydrogen-bond acceptors (Lipinski definition) is 6. The quantitative estimate of drug-likeness (QED) is 0.467. The second-order valence-electron chi connectivity index (χ2n) is 6.90. The molecule has 1 aliphatic heterocycles. The van der Waals surface area contributed by atoms with Gasteiger partial charge >= 0.3 is 0 Å². The number of amides is 1. The van der Waals surface area contributed by atoms with Crippen molar-refractivity contribution in [2.24, 2.45) is 0 Å². The SMILES string of the molecule is CCCN1C(=O)C(=Cc2c(N(CCC)CCC)nc3ccccn3c2=O)SC1=S. The number of fused-ring (bicyclic) bond motifs is 1. The first-order chi connectivity index (χ1) is 14.0. The molecule has 3 heterocycles. The van der Waals surface area contributed by atoms with Crippen LogP contribution in [0.4, 0.5) is 5.82 Å². The van der Waals surface area contributed by atoms with E-state index in [9.17, 15) is 9.59 Å². The predicted octanol–water partition coefficient (Wildman–Crippen LogP) is 3.93. The highest BCUT2D eigenvalue weighted by Crippen LogP contribution is 2.33. The molecule has 0 aromatic carbocycles. The van der Waals surface area contributed by atoms with Crippen LogP contribution in [0.2, 0.25) is 0 Å². The minimum absolute atomic E-state index is 0.136. The number of hydrogen-bond donors (Lipinski definition) is 0. The summed E-state index contributed by atoms with van der Waals surface area (Å²) in [6.07, 6.45) is 6.09. The maximum atomic E-state index is 13.3.